The molecule has 4 nitrogen and oxygen atoms in total. The fourth-order valence-electron chi connectivity index (χ4n) is 2.32. The minimum atomic E-state index is -0.365. The van der Waals surface area contributed by atoms with Crippen LogP contribution in [0, 0.1) is 5.92 Å². The van der Waals surface area contributed by atoms with Crippen LogP contribution in [0.5, 0.6) is 0 Å². The standard InChI is InChI=1S/C16H24N2O2/c1-3-18(14-7-5-4-6-8-14)12-16(20)17(2)11-15(19)13-9-10-13/h4-8,13,15,19H,3,9-12H2,1-2H3. The van der Waals surface area contributed by atoms with Crippen molar-refractivity contribution in [1.29, 1.82) is 0 Å². The van der Waals surface area contributed by atoms with E-state index in [9.17, 15) is 9.90 Å². The van der Waals surface area contributed by atoms with E-state index < -0.39 is 0 Å². The highest BCUT2D eigenvalue weighted by atomic mass is 16.3. The van der Waals surface area contributed by atoms with Gasteiger partial charge in [0.15, 0.2) is 0 Å². The maximum atomic E-state index is 12.2. The maximum Gasteiger partial charge on any atom is 0.241 e. The summed E-state index contributed by atoms with van der Waals surface area (Å²) in [4.78, 5) is 15.9. The van der Waals surface area contributed by atoms with E-state index in [1.54, 1.807) is 11.9 Å². The van der Waals surface area contributed by atoms with Gasteiger partial charge in [-0.1, -0.05) is 18.2 Å². The Labute approximate surface area is 121 Å². The van der Waals surface area contributed by atoms with Gasteiger partial charge in [-0.2, -0.15) is 0 Å². The molecule has 1 N–H and O–H groups in total. The summed E-state index contributed by atoms with van der Waals surface area (Å²) in [6, 6.07) is 9.94. The van der Waals surface area contributed by atoms with Gasteiger partial charge < -0.3 is 14.9 Å². The molecule has 0 saturated heterocycles. The fourth-order valence-corrected chi connectivity index (χ4v) is 2.32. The molecule has 1 amide bonds. The Kier molecular flexibility index (Phi) is 5.01. The Hall–Kier alpha value is -1.55. The van der Waals surface area contributed by atoms with Crippen molar-refractivity contribution in [1.82, 2.24) is 4.90 Å². The number of aliphatic hydroxyl groups excluding tert-OH is 1. The lowest BCUT2D eigenvalue weighted by atomic mass is 10.2. The minimum absolute atomic E-state index is 0.0513. The molecule has 20 heavy (non-hydrogen) atoms. The van der Waals surface area contributed by atoms with E-state index in [1.165, 1.54) is 0 Å². The Morgan fingerprint density at radius 1 is 1.35 bits per heavy atom. The number of amides is 1. The van der Waals surface area contributed by atoms with Crippen LogP contribution in [0.25, 0.3) is 0 Å². The Morgan fingerprint density at radius 2 is 2.00 bits per heavy atom. The average Bonchev–Trinajstić information content (AvgIpc) is 3.29. The second-order valence-electron chi connectivity index (χ2n) is 5.53. The van der Waals surface area contributed by atoms with E-state index in [-0.39, 0.29) is 12.0 Å². The summed E-state index contributed by atoms with van der Waals surface area (Å²) in [5, 5.41) is 9.91. The van der Waals surface area contributed by atoms with Gasteiger partial charge in [-0.25, -0.2) is 0 Å². The lowest BCUT2D eigenvalue weighted by Crippen LogP contribution is -2.42. The van der Waals surface area contributed by atoms with Crippen molar-refractivity contribution in [2.24, 2.45) is 5.92 Å². The molecule has 0 aromatic heterocycles. The molecular formula is C16H24N2O2. The molecule has 4 heteroatoms. The quantitative estimate of drug-likeness (QED) is 0.825. The third-order valence-corrected chi connectivity index (χ3v) is 3.88. The van der Waals surface area contributed by atoms with E-state index >= 15 is 0 Å². The first-order valence-corrected chi connectivity index (χ1v) is 7.33. The van der Waals surface area contributed by atoms with E-state index in [4.69, 9.17) is 0 Å². The second-order valence-corrected chi connectivity index (χ2v) is 5.53. The highest BCUT2D eigenvalue weighted by Gasteiger charge is 2.31. The number of aliphatic hydroxyl groups is 1. The van der Waals surface area contributed by atoms with Crippen LogP contribution in [0.3, 0.4) is 0 Å². The zero-order chi connectivity index (χ0) is 14.5. The highest BCUT2D eigenvalue weighted by Crippen LogP contribution is 2.32. The first kappa shape index (κ1) is 14.9. The number of anilines is 1. The van der Waals surface area contributed by atoms with Crippen LogP contribution in [0.1, 0.15) is 19.8 Å². The monoisotopic (exact) mass is 276 g/mol. The van der Waals surface area contributed by atoms with Crippen LogP contribution < -0.4 is 4.90 Å². The Balaban J connectivity index is 1.88. The molecule has 1 unspecified atom stereocenters. The summed E-state index contributed by atoms with van der Waals surface area (Å²) < 4.78 is 0. The minimum Gasteiger partial charge on any atom is -0.391 e. The van der Waals surface area contributed by atoms with E-state index in [1.807, 2.05) is 42.2 Å². The summed E-state index contributed by atoms with van der Waals surface area (Å²) in [6.07, 6.45) is 1.82. The molecule has 0 aliphatic heterocycles. The number of nitrogens with zero attached hydrogens (tertiary/aromatic N) is 2. The molecule has 1 aromatic carbocycles. The molecule has 2 rings (SSSR count). The first-order valence-electron chi connectivity index (χ1n) is 7.33. The number of hydrogen-bond donors (Lipinski definition) is 1. The van der Waals surface area contributed by atoms with Gasteiger partial charge in [0.05, 0.1) is 12.6 Å². The van der Waals surface area contributed by atoms with Crippen LogP contribution in [-0.4, -0.2) is 48.7 Å². The molecule has 1 atom stereocenters. The SMILES string of the molecule is CCN(CC(=O)N(C)CC(O)C1CC1)c1ccccc1. The summed E-state index contributed by atoms with van der Waals surface area (Å²) >= 11 is 0. The number of para-hydroxylation sites is 1. The van der Waals surface area contributed by atoms with Crippen molar-refractivity contribution in [3.63, 3.8) is 0 Å². The molecule has 110 valence electrons. The summed E-state index contributed by atoms with van der Waals surface area (Å²) in [5.74, 6) is 0.456. The molecule has 0 heterocycles. The maximum absolute atomic E-state index is 12.2. The van der Waals surface area contributed by atoms with E-state index in [0.29, 0.717) is 19.0 Å². The van der Waals surface area contributed by atoms with Crippen molar-refractivity contribution < 1.29 is 9.90 Å². The van der Waals surface area contributed by atoms with Crippen LogP contribution in [0.15, 0.2) is 30.3 Å². The molecule has 0 bridgehead atoms. The first-order chi connectivity index (χ1) is 9.61. The predicted octanol–water partition coefficient (Wildman–Crippen LogP) is 1.74. The lowest BCUT2D eigenvalue weighted by molar-refractivity contribution is -0.129. The van der Waals surface area contributed by atoms with Gasteiger partial charge in [-0.3, -0.25) is 4.79 Å². The number of rotatable bonds is 7. The van der Waals surface area contributed by atoms with Gasteiger partial charge in [0.25, 0.3) is 0 Å². The Bertz CT molecular complexity index is 431. The molecule has 0 radical (unpaired) electrons. The van der Waals surface area contributed by atoms with Gasteiger partial charge >= 0.3 is 0 Å². The van der Waals surface area contributed by atoms with Crippen molar-refractivity contribution in [3.05, 3.63) is 30.3 Å². The summed E-state index contributed by atoms with van der Waals surface area (Å²) in [6.45, 7) is 3.62. The highest BCUT2D eigenvalue weighted by molar-refractivity contribution is 5.81. The molecule has 1 aliphatic carbocycles. The summed E-state index contributed by atoms with van der Waals surface area (Å²) in [5.41, 5.74) is 1.06. The number of benzene rings is 1. The third-order valence-electron chi connectivity index (χ3n) is 3.88. The van der Waals surface area contributed by atoms with Crippen molar-refractivity contribution in [2.75, 3.05) is 31.6 Å². The van der Waals surface area contributed by atoms with Gasteiger partial charge in [0.1, 0.15) is 0 Å². The number of hydrogen-bond acceptors (Lipinski definition) is 3. The predicted molar refractivity (Wildman–Crippen MR) is 80.7 cm³/mol. The molecule has 1 fully saturated rings. The molecule has 0 spiro atoms. The largest absolute Gasteiger partial charge is 0.391 e. The number of carbonyl (C=O) groups is 1. The van der Waals surface area contributed by atoms with E-state index in [0.717, 1.165) is 25.1 Å². The average molecular weight is 276 g/mol. The lowest BCUT2D eigenvalue weighted by Gasteiger charge is -2.27. The van der Waals surface area contributed by atoms with Gasteiger partial charge in [0.2, 0.25) is 5.91 Å². The molecule has 1 saturated carbocycles. The zero-order valence-electron chi connectivity index (χ0n) is 12.3. The third kappa shape index (κ3) is 3.97. The zero-order valence-corrected chi connectivity index (χ0v) is 12.3. The van der Waals surface area contributed by atoms with Crippen LogP contribution >= 0.6 is 0 Å². The summed E-state index contributed by atoms with van der Waals surface area (Å²) in [7, 11) is 1.77. The fraction of sp³-hybridized carbons (Fsp3) is 0.562. The molecule has 1 aromatic rings. The van der Waals surface area contributed by atoms with Crippen molar-refractivity contribution in [2.45, 2.75) is 25.9 Å². The normalized spacial score (nSPS) is 15.8. The second kappa shape index (κ2) is 6.75. The molecular weight excluding hydrogens is 252 g/mol. The number of carbonyl (C=O) groups excluding carboxylic acids is 1. The topological polar surface area (TPSA) is 43.8 Å². The smallest absolute Gasteiger partial charge is 0.241 e. The molecule has 1 aliphatic rings. The van der Waals surface area contributed by atoms with Crippen LogP contribution in [0.4, 0.5) is 5.69 Å². The van der Waals surface area contributed by atoms with Crippen molar-refractivity contribution in [3.8, 4) is 0 Å². The van der Waals surface area contributed by atoms with Crippen molar-refractivity contribution >= 4 is 11.6 Å². The van der Waals surface area contributed by atoms with Gasteiger partial charge in [-0.05, 0) is 37.8 Å². The Morgan fingerprint density at radius 3 is 2.55 bits per heavy atom. The van der Waals surface area contributed by atoms with Gasteiger partial charge in [-0.15, -0.1) is 0 Å². The van der Waals surface area contributed by atoms with Crippen LogP contribution in [-0.2, 0) is 4.79 Å². The van der Waals surface area contributed by atoms with E-state index in [2.05, 4.69) is 0 Å². The van der Waals surface area contributed by atoms with Gasteiger partial charge in [0, 0.05) is 25.8 Å². The van der Waals surface area contributed by atoms with Crippen LogP contribution in [0.2, 0.25) is 0 Å². The number of likely N-dealkylation sites (N-methyl/N-ethyl adjacent to an activating group) is 2.